The third-order valence-electron chi connectivity index (χ3n) is 3.81. The van der Waals surface area contributed by atoms with Gasteiger partial charge < -0.3 is 10.6 Å². The first-order chi connectivity index (χ1) is 8.65. The molecule has 1 aromatic heterocycles. The van der Waals surface area contributed by atoms with E-state index in [-0.39, 0.29) is 0 Å². The zero-order valence-corrected chi connectivity index (χ0v) is 12.8. The Morgan fingerprint density at radius 2 is 2.28 bits per heavy atom. The predicted octanol–water partition coefficient (Wildman–Crippen LogP) is 3.89. The molecule has 4 heteroatoms. The fourth-order valence-electron chi connectivity index (χ4n) is 2.69. The fraction of sp³-hybridized carbons (Fsp3) is 0.643. The highest BCUT2D eigenvalue weighted by Gasteiger charge is 2.25. The molecule has 0 saturated carbocycles. The van der Waals surface area contributed by atoms with E-state index < -0.39 is 0 Å². The van der Waals surface area contributed by atoms with E-state index in [1.54, 1.807) is 6.20 Å². The van der Waals surface area contributed by atoms with E-state index in [9.17, 15) is 0 Å². The first-order valence-corrected chi connectivity index (χ1v) is 7.61. The van der Waals surface area contributed by atoms with E-state index in [4.69, 9.17) is 5.73 Å². The van der Waals surface area contributed by atoms with Gasteiger partial charge in [0.2, 0.25) is 0 Å². The van der Waals surface area contributed by atoms with Crippen molar-refractivity contribution in [2.45, 2.75) is 52.0 Å². The van der Waals surface area contributed by atoms with E-state index >= 15 is 0 Å². The summed E-state index contributed by atoms with van der Waals surface area (Å²) in [6.45, 7) is 5.41. The second-order valence-corrected chi connectivity index (χ2v) is 5.90. The third-order valence-corrected chi connectivity index (χ3v) is 4.75. The van der Waals surface area contributed by atoms with Crippen LogP contribution in [-0.4, -0.2) is 17.6 Å². The van der Waals surface area contributed by atoms with Crippen molar-refractivity contribution in [3.05, 3.63) is 16.2 Å². The van der Waals surface area contributed by atoms with E-state index in [1.807, 2.05) is 6.92 Å². The number of nitrogens with two attached hydrogens (primary N) is 1. The minimum absolute atomic E-state index is 0.635. The van der Waals surface area contributed by atoms with Gasteiger partial charge in [0.1, 0.15) is 5.82 Å². The summed E-state index contributed by atoms with van der Waals surface area (Å²) in [6, 6.07) is 0.635. The van der Waals surface area contributed by atoms with Crippen LogP contribution in [0.15, 0.2) is 10.7 Å². The molecule has 1 fully saturated rings. The van der Waals surface area contributed by atoms with Gasteiger partial charge in [-0.05, 0) is 54.1 Å². The molecule has 1 aliphatic heterocycles. The molecule has 2 rings (SSSR count). The quantitative estimate of drug-likeness (QED) is 0.920. The average Bonchev–Trinajstić information content (AvgIpc) is 2.38. The molecule has 0 aliphatic carbocycles. The van der Waals surface area contributed by atoms with Crippen molar-refractivity contribution in [2.75, 3.05) is 17.2 Å². The molecular weight excluding hydrogens is 290 g/mol. The standard InChI is InChI=1S/C14H22BrN3/c1-3-6-11-7-4-5-8-18(11)14-13(15)10(2)12(16)9-17-14/h9,11H,3-8,16H2,1-2H3. The summed E-state index contributed by atoms with van der Waals surface area (Å²) in [5.41, 5.74) is 7.76. The monoisotopic (exact) mass is 311 g/mol. The predicted molar refractivity (Wildman–Crippen MR) is 81.0 cm³/mol. The van der Waals surface area contributed by atoms with E-state index in [0.29, 0.717) is 6.04 Å². The topological polar surface area (TPSA) is 42.2 Å². The summed E-state index contributed by atoms with van der Waals surface area (Å²) in [6.07, 6.45) is 8.15. The molecule has 0 bridgehead atoms. The molecular formula is C14H22BrN3. The van der Waals surface area contributed by atoms with E-state index in [1.165, 1.54) is 32.1 Å². The molecule has 100 valence electrons. The third kappa shape index (κ3) is 2.63. The number of pyridine rings is 1. The molecule has 1 saturated heterocycles. The lowest BCUT2D eigenvalue weighted by Crippen LogP contribution is -2.40. The Morgan fingerprint density at radius 3 is 3.00 bits per heavy atom. The zero-order chi connectivity index (χ0) is 13.1. The van der Waals surface area contributed by atoms with Crippen LogP contribution in [-0.2, 0) is 0 Å². The van der Waals surface area contributed by atoms with Crippen molar-refractivity contribution in [3.63, 3.8) is 0 Å². The average molecular weight is 312 g/mol. The molecule has 0 spiro atoms. The van der Waals surface area contributed by atoms with E-state index in [0.717, 1.165) is 28.1 Å². The molecule has 1 aliphatic rings. The minimum atomic E-state index is 0.635. The second kappa shape index (κ2) is 5.91. The van der Waals surface area contributed by atoms with Crippen LogP contribution in [0.1, 0.15) is 44.6 Å². The van der Waals surface area contributed by atoms with Crippen molar-refractivity contribution in [3.8, 4) is 0 Å². The number of nitrogen functional groups attached to an aromatic ring is 1. The van der Waals surface area contributed by atoms with Crippen LogP contribution >= 0.6 is 15.9 Å². The normalized spacial score (nSPS) is 20.2. The Hall–Kier alpha value is -0.770. The lowest BCUT2D eigenvalue weighted by molar-refractivity contribution is 0.431. The summed E-state index contributed by atoms with van der Waals surface area (Å²) >= 11 is 3.66. The van der Waals surface area contributed by atoms with Gasteiger partial charge in [-0.1, -0.05) is 13.3 Å². The van der Waals surface area contributed by atoms with Gasteiger partial charge in [0.25, 0.3) is 0 Å². The highest BCUT2D eigenvalue weighted by atomic mass is 79.9. The van der Waals surface area contributed by atoms with Gasteiger partial charge in [0.15, 0.2) is 0 Å². The lowest BCUT2D eigenvalue weighted by Gasteiger charge is -2.37. The summed E-state index contributed by atoms with van der Waals surface area (Å²) in [5, 5.41) is 0. The number of hydrogen-bond donors (Lipinski definition) is 1. The summed E-state index contributed by atoms with van der Waals surface area (Å²) in [4.78, 5) is 7.01. The summed E-state index contributed by atoms with van der Waals surface area (Å²) < 4.78 is 1.06. The van der Waals surface area contributed by atoms with Crippen molar-refractivity contribution in [1.29, 1.82) is 0 Å². The summed E-state index contributed by atoms with van der Waals surface area (Å²) in [5.74, 6) is 1.07. The molecule has 0 aromatic carbocycles. The Bertz CT molecular complexity index is 418. The van der Waals surface area contributed by atoms with Crippen molar-refractivity contribution < 1.29 is 0 Å². The molecule has 1 unspecified atom stereocenters. The van der Waals surface area contributed by atoms with Crippen LogP contribution in [0, 0.1) is 6.92 Å². The molecule has 3 nitrogen and oxygen atoms in total. The molecule has 1 atom stereocenters. The van der Waals surface area contributed by atoms with Gasteiger partial charge >= 0.3 is 0 Å². The fourth-order valence-corrected chi connectivity index (χ4v) is 3.25. The maximum absolute atomic E-state index is 5.90. The van der Waals surface area contributed by atoms with Crippen LogP contribution in [0.3, 0.4) is 0 Å². The van der Waals surface area contributed by atoms with Gasteiger partial charge in [0, 0.05) is 12.6 Å². The first kappa shape index (κ1) is 13.7. The summed E-state index contributed by atoms with van der Waals surface area (Å²) in [7, 11) is 0. The van der Waals surface area contributed by atoms with Gasteiger partial charge in [-0.3, -0.25) is 0 Å². The van der Waals surface area contributed by atoms with Crippen molar-refractivity contribution in [2.24, 2.45) is 0 Å². The Morgan fingerprint density at radius 1 is 1.50 bits per heavy atom. The minimum Gasteiger partial charge on any atom is -0.397 e. The second-order valence-electron chi connectivity index (χ2n) is 5.11. The number of halogens is 1. The van der Waals surface area contributed by atoms with Crippen LogP contribution in [0.2, 0.25) is 0 Å². The maximum Gasteiger partial charge on any atom is 0.143 e. The number of hydrogen-bond acceptors (Lipinski definition) is 3. The number of anilines is 2. The van der Waals surface area contributed by atoms with Gasteiger partial charge in [-0.15, -0.1) is 0 Å². The molecule has 0 amide bonds. The zero-order valence-electron chi connectivity index (χ0n) is 11.2. The Labute approximate surface area is 118 Å². The molecule has 2 N–H and O–H groups in total. The van der Waals surface area contributed by atoms with Crippen LogP contribution < -0.4 is 10.6 Å². The molecule has 2 heterocycles. The SMILES string of the molecule is CCCC1CCCCN1c1ncc(N)c(C)c1Br. The van der Waals surface area contributed by atoms with Crippen LogP contribution in [0.25, 0.3) is 0 Å². The number of rotatable bonds is 3. The Kier molecular flexibility index (Phi) is 4.49. The van der Waals surface area contributed by atoms with Gasteiger partial charge in [-0.25, -0.2) is 4.98 Å². The van der Waals surface area contributed by atoms with Crippen LogP contribution in [0.4, 0.5) is 11.5 Å². The Balaban J connectivity index is 2.31. The van der Waals surface area contributed by atoms with Crippen LogP contribution in [0.5, 0.6) is 0 Å². The largest absolute Gasteiger partial charge is 0.397 e. The first-order valence-electron chi connectivity index (χ1n) is 6.82. The van der Waals surface area contributed by atoms with Crippen molar-refractivity contribution in [1.82, 2.24) is 4.98 Å². The maximum atomic E-state index is 5.90. The number of nitrogens with zero attached hydrogens (tertiary/aromatic N) is 2. The molecule has 18 heavy (non-hydrogen) atoms. The number of aromatic nitrogens is 1. The molecule has 0 radical (unpaired) electrons. The van der Waals surface area contributed by atoms with E-state index in [2.05, 4.69) is 32.7 Å². The lowest BCUT2D eigenvalue weighted by atomic mass is 9.98. The van der Waals surface area contributed by atoms with Gasteiger partial charge in [0.05, 0.1) is 16.4 Å². The smallest absolute Gasteiger partial charge is 0.143 e. The highest BCUT2D eigenvalue weighted by molar-refractivity contribution is 9.10. The van der Waals surface area contributed by atoms with Gasteiger partial charge in [-0.2, -0.15) is 0 Å². The molecule has 1 aromatic rings. The number of piperidine rings is 1. The van der Waals surface area contributed by atoms with Crippen molar-refractivity contribution >= 4 is 27.4 Å². The highest BCUT2D eigenvalue weighted by Crippen LogP contribution is 2.34.